The van der Waals surface area contributed by atoms with Gasteiger partial charge in [0.1, 0.15) is 17.7 Å². The number of hydrogen-bond donors (Lipinski definition) is 1. The fourth-order valence-corrected chi connectivity index (χ4v) is 7.77. The maximum absolute atomic E-state index is 14.7. The Morgan fingerprint density at radius 1 is 1.15 bits per heavy atom. The lowest BCUT2D eigenvalue weighted by molar-refractivity contribution is -0.164. The van der Waals surface area contributed by atoms with Crippen molar-refractivity contribution in [3.8, 4) is 0 Å². The smallest absolute Gasteiger partial charge is 0.313 e. The van der Waals surface area contributed by atoms with E-state index in [9.17, 15) is 24.3 Å². The van der Waals surface area contributed by atoms with Crippen molar-refractivity contribution in [1.29, 1.82) is 0 Å². The molecule has 48 heavy (non-hydrogen) atoms. The zero-order valence-electron chi connectivity index (χ0n) is 28.3. The molecule has 5 rings (SSSR count). The number of aliphatic hydroxyl groups is 1. The summed E-state index contributed by atoms with van der Waals surface area (Å²) in [6.45, 7) is 13.0. The fourth-order valence-electron chi connectivity index (χ4n) is 7.77. The average molecular weight is 658 g/mol. The van der Waals surface area contributed by atoms with Gasteiger partial charge in [-0.3, -0.25) is 19.2 Å². The van der Waals surface area contributed by atoms with E-state index in [2.05, 4.69) is 13.2 Å². The molecule has 0 radical (unpaired) electrons. The second-order valence-corrected chi connectivity index (χ2v) is 13.2. The lowest BCUT2D eigenvalue weighted by Crippen LogP contribution is -2.57. The van der Waals surface area contributed by atoms with Crippen LogP contribution in [0.15, 0.2) is 73.8 Å². The molecule has 7 atom stereocenters. The van der Waals surface area contributed by atoms with Gasteiger partial charge in [-0.25, -0.2) is 0 Å². The number of esters is 1. The van der Waals surface area contributed by atoms with Gasteiger partial charge in [0.05, 0.1) is 30.6 Å². The molecular formula is C38H47N3O7. The predicted octanol–water partition coefficient (Wildman–Crippen LogP) is 4.29. The van der Waals surface area contributed by atoms with E-state index in [0.29, 0.717) is 30.5 Å². The number of ether oxygens (including phenoxy) is 2. The number of rotatable bonds is 14. The Balaban J connectivity index is 1.48. The van der Waals surface area contributed by atoms with Crippen LogP contribution in [0, 0.1) is 25.7 Å². The zero-order chi connectivity index (χ0) is 34.7. The Morgan fingerprint density at radius 2 is 1.88 bits per heavy atom. The van der Waals surface area contributed by atoms with Crippen LogP contribution in [0.2, 0.25) is 0 Å². The average Bonchev–Trinajstić information content (AvgIpc) is 3.73. The highest BCUT2D eigenvalue weighted by Crippen LogP contribution is 2.59. The Kier molecular flexibility index (Phi) is 10.6. The minimum Gasteiger partial charge on any atom is -0.455 e. The molecule has 0 unspecified atom stereocenters. The molecule has 3 saturated heterocycles. The summed E-state index contributed by atoms with van der Waals surface area (Å²) in [5.41, 5.74) is 2.00. The highest BCUT2D eigenvalue weighted by Gasteiger charge is 2.75. The van der Waals surface area contributed by atoms with Crippen LogP contribution in [0.5, 0.6) is 0 Å². The van der Waals surface area contributed by atoms with Gasteiger partial charge in [-0.1, -0.05) is 54.6 Å². The Labute approximate surface area is 283 Å². The number of aliphatic hydroxyl groups excluding tert-OH is 1. The molecule has 3 heterocycles. The van der Waals surface area contributed by atoms with E-state index in [1.807, 2.05) is 69.3 Å². The fraction of sp³-hybridized carbons (Fsp3) is 0.474. The standard InChI is InChI=1S/C38H47N3O7/c1-7-9-15-30(43)39(6)26(5)33(27-13-11-10-12-14-27)47-37(46)31-29-18-19-38(48-29)32(31)35(44)41(21-22-42)34(38)36(45)40(20-8-2)28-23-24(3)16-17-25(28)4/h7-8,10-14,16-17,23,26,29,31-34,42H,1-2,9,15,18-22H2,3-6H3/t26-,29+,31-,32-,33+,34+,38-/m1/s1. The van der Waals surface area contributed by atoms with Gasteiger partial charge in [-0.2, -0.15) is 0 Å². The van der Waals surface area contributed by atoms with Crippen LogP contribution >= 0.6 is 0 Å². The second kappa shape index (κ2) is 14.5. The minimum atomic E-state index is -1.26. The van der Waals surface area contributed by atoms with Crippen molar-refractivity contribution in [1.82, 2.24) is 9.80 Å². The maximum atomic E-state index is 14.7. The predicted molar refractivity (Wildman–Crippen MR) is 182 cm³/mol. The summed E-state index contributed by atoms with van der Waals surface area (Å²) in [4.78, 5) is 60.8. The van der Waals surface area contributed by atoms with E-state index in [1.54, 1.807) is 29.0 Å². The Bertz CT molecular complexity index is 1560. The Morgan fingerprint density at radius 3 is 2.54 bits per heavy atom. The van der Waals surface area contributed by atoms with Crippen LogP contribution in [-0.2, 0) is 28.7 Å². The molecule has 2 bridgehead atoms. The normalized spacial score (nSPS) is 25.3. The summed E-state index contributed by atoms with van der Waals surface area (Å²) in [5, 5.41) is 10.0. The molecule has 1 N–H and O–H groups in total. The molecule has 0 aliphatic carbocycles. The van der Waals surface area contributed by atoms with E-state index in [1.165, 1.54) is 4.90 Å². The third kappa shape index (κ3) is 6.19. The molecule has 3 aliphatic heterocycles. The van der Waals surface area contributed by atoms with Gasteiger partial charge in [0, 0.05) is 32.2 Å². The first-order valence-corrected chi connectivity index (χ1v) is 16.7. The summed E-state index contributed by atoms with van der Waals surface area (Å²) in [6.07, 6.45) is 3.56. The first-order chi connectivity index (χ1) is 23.0. The molecule has 0 aromatic heterocycles. The highest BCUT2D eigenvalue weighted by molar-refractivity contribution is 6.05. The number of likely N-dealkylation sites (tertiary alicyclic amines) is 1. The number of nitrogens with zero attached hydrogens (tertiary/aromatic N) is 3. The number of hydrogen-bond acceptors (Lipinski definition) is 7. The summed E-state index contributed by atoms with van der Waals surface area (Å²) in [7, 11) is 1.68. The van der Waals surface area contributed by atoms with Gasteiger partial charge in [0.2, 0.25) is 11.8 Å². The topological polar surface area (TPSA) is 117 Å². The van der Waals surface area contributed by atoms with Gasteiger partial charge in [-0.05, 0) is 62.8 Å². The van der Waals surface area contributed by atoms with Gasteiger partial charge < -0.3 is 29.3 Å². The van der Waals surface area contributed by atoms with Crippen molar-refractivity contribution in [2.75, 3.05) is 31.6 Å². The number of aryl methyl sites for hydroxylation is 2. The molecule has 3 amide bonds. The molecule has 10 heteroatoms. The second-order valence-electron chi connectivity index (χ2n) is 13.2. The van der Waals surface area contributed by atoms with Crippen LogP contribution in [0.3, 0.4) is 0 Å². The molecule has 10 nitrogen and oxygen atoms in total. The quantitative estimate of drug-likeness (QED) is 0.238. The van der Waals surface area contributed by atoms with Crippen LogP contribution in [-0.4, -0.2) is 89.1 Å². The van der Waals surface area contributed by atoms with E-state index in [0.717, 1.165) is 11.1 Å². The van der Waals surface area contributed by atoms with Gasteiger partial charge in [-0.15, -0.1) is 13.2 Å². The maximum Gasteiger partial charge on any atom is 0.313 e. The van der Waals surface area contributed by atoms with Crippen molar-refractivity contribution >= 4 is 29.4 Å². The largest absolute Gasteiger partial charge is 0.455 e. The number of fused-ring (bicyclic) bond motifs is 1. The number of β-amino-alcohol motifs (C(OH)–C–C–N with tert-alkyl or cyclic N) is 1. The lowest BCUT2D eigenvalue weighted by Gasteiger charge is -2.37. The number of anilines is 1. The molecule has 3 fully saturated rings. The van der Waals surface area contributed by atoms with Gasteiger partial charge >= 0.3 is 5.97 Å². The van der Waals surface area contributed by atoms with E-state index >= 15 is 0 Å². The number of benzene rings is 2. The van der Waals surface area contributed by atoms with Crippen molar-refractivity contribution in [2.45, 2.75) is 76.3 Å². The van der Waals surface area contributed by atoms with Crippen molar-refractivity contribution in [3.63, 3.8) is 0 Å². The monoisotopic (exact) mass is 657 g/mol. The molecule has 3 aliphatic rings. The van der Waals surface area contributed by atoms with Crippen LogP contribution in [0.1, 0.15) is 55.4 Å². The number of amides is 3. The summed E-state index contributed by atoms with van der Waals surface area (Å²) in [6, 6.07) is 13.5. The number of carbonyl (C=O) groups excluding carboxylic acids is 4. The number of carbonyl (C=O) groups is 4. The first kappa shape index (κ1) is 35.0. The molecule has 2 aromatic rings. The highest BCUT2D eigenvalue weighted by atomic mass is 16.6. The molecule has 1 spiro atoms. The third-order valence-corrected chi connectivity index (χ3v) is 10.3. The Hall–Kier alpha value is -4.28. The zero-order valence-corrected chi connectivity index (χ0v) is 28.3. The van der Waals surface area contributed by atoms with Gasteiger partial charge in [0.25, 0.3) is 5.91 Å². The van der Waals surface area contributed by atoms with E-state index in [-0.39, 0.29) is 37.9 Å². The summed E-state index contributed by atoms with van der Waals surface area (Å²) < 4.78 is 12.9. The van der Waals surface area contributed by atoms with Crippen molar-refractivity contribution in [3.05, 3.63) is 90.5 Å². The molecule has 256 valence electrons. The van der Waals surface area contributed by atoms with Crippen LogP contribution in [0.4, 0.5) is 5.69 Å². The van der Waals surface area contributed by atoms with E-state index < -0.39 is 53.6 Å². The van der Waals surface area contributed by atoms with Crippen LogP contribution < -0.4 is 4.90 Å². The van der Waals surface area contributed by atoms with Gasteiger partial charge in [0.15, 0.2) is 0 Å². The minimum absolute atomic E-state index is 0.0840. The third-order valence-electron chi connectivity index (χ3n) is 10.3. The number of likely N-dealkylation sites (N-methyl/N-ethyl adjacent to an activating group) is 1. The molecule has 0 saturated carbocycles. The van der Waals surface area contributed by atoms with Crippen molar-refractivity contribution < 1.29 is 33.8 Å². The van der Waals surface area contributed by atoms with Crippen molar-refractivity contribution in [2.24, 2.45) is 11.8 Å². The molecular weight excluding hydrogens is 610 g/mol. The summed E-state index contributed by atoms with van der Waals surface area (Å²) >= 11 is 0. The van der Waals surface area contributed by atoms with Crippen LogP contribution in [0.25, 0.3) is 0 Å². The summed E-state index contributed by atoms with van der Waals surface area (Å²) in [5.74, 6) is -3.40. The number of allylic oxidation sites excluding steroid dienone is 1. The SMILES string of the molecule is C=CCCC(=O)N(C)[C@H](C)[C@H](OC(=O)[C@@H]1[C@@H]2CC[C@]3(O2)[C@H](C(=O)N(CC=C)c2cc(C)ccc2C)N(CCO)C(=O)[C@@H]13)c1ccccc1. The lowest BCUT2D eigenvalue weighted by atomic mass is 9.70. The van der Waals surface area contributed by atoms with E-state index in [4.69, 9.17) is 9.47 Å². The molecule has 2 aromatic carbocycles. The first-order valence-electron chi connectivity index (χ1n) is 16.7.